The molecule has 0 unspecified atom stereocenters. The summed E-state index contributed by atoms with van der Waals surface area (Å²) in [6.07, 6.45) is 6.39. The molecule has 3 N–H and O–H groups in total. The minimum atomic E-state index is -0.216. The number of rotatable bonds is 5. The Bertz CT molecular complexity index is 1050. The standard InChI is InChI=1S/C19H20N6O3/c26-18(11-1-2-11)22-16-9-25-8-12(3-4-17(25)21-16)14-7-15(24-23-14)19(27)20-13-5-6-28-10-13/h3-4,7-9,11,13H,1-2,5-6,10H2,(H,20,27)(H,22,26)(H,23,24)/t13-/m0/s1. The number of aromatic amines is 1. The van der Waals surface area contributed by atoms with Crippen molar-refractivity contribution in [3.05, 3.63) is 36.3 Å². The van der Waals surface area contributed by atoms with Gasteiger partial charge in [-0.1, -0.05) is 0 Å². The maximum atomic E-state index is 12.3. The second-order valence-electron chi connectivity index (χ2n) is 7.27. The van der Waals surface area contributed by atoms with E-state index < -0.39 is 0 Å². The smallest absolute Gasteiger partial charge is 0.272 e. The molecule has 3 aromatic rings. The van der Waals surface area contributed by atoms with Crippen LogP contribution in [-0.4, -0.2) is 50.7 Å². The fraction of sp³-hybridized carbons (Fsp3) is 0.368. The maximum absolute atomic E-state index is 12.3. The second-order valence-corrected chi connectivity index (χ2v) is 7.27. The molecule has 1 saturated heterocycles. The predicted octanol–water partition coefficient (Wildman–Crippen LogP) is 1.59. The highest BCUT2D eigenvalue weighted by Gasteiger charge is 2.30. The molecular weight excluding hydrogens is 360 g/mol. The number of amides is 2. The van der Waals surface area contributed by atoms with Crippen LogP contribution in [0.4, 0.5) is 5.82 Å². The minimum absolute atomic E-state index is 0.0283. The Kier molecular flexibility index (Phi) is 4.09. The van der Waals surface area contributed by atoms with Crippen molar-refractivity contribution in [2.24, 2.45) is 5.92 Å². The molecule has 9 heteroatoms. The van der Waals surface area contributed by atoms with E-state index in [9.17, 15) is 9.59 Å². The first-order valence-electron chi connectivity index (χ1n) is 9.40. The van der Waals surface area contributed by atoms with Crippen LogP contribution in [-0.2, 0) is 9.53 Å². The molecule has 0 radical (unpaired) electrons. The molecule has 0 bridgehead atoms. The molecular formula is C19H20N6O3. The zero-order valence-corrected chi connectivity index (χ0v) is 15.1. The van der Waals surface area contributed by atoms with Crippen molar-refractivity contribution in [2.45, 2.75) is 25.3 Å². The van der Waals surface area contributed by atoms with Crippen molar-refractivity contribution < 1.29 is 14.3 Å². The molecule has 4 heterocycles. The number of nitrogens with one attached hydrogen (secondary N) is 3. The van der Waals surface area contributed by atoms with Gasteiger partial charge in [0.25, 0.3) is 5.91 Å². The van der Waals surface area contributed by atoms with E-state index in [0.717, 1.165) is 36.2 Å². The van der Waals surface area contributed by atoms with Crippen LogP contribution in [0.25, 0.3) is 16.9 Å². The quantitative estimate of drug-likeness (QED) is 0.622. The van der Waals surface area contributed by atoms with E-state index in [4.69, 9.17) is 4.74 Å². The molecule has 2 aliphatic rings. The third-order valence-electron chi connectivity index (χ3n) is 5.04. The molecule has 3 aromatic heterocycles. The fourth-order valence-electron chi connectivity index (χ4n) is 3.28. The van der Waals surface area contributed by atoms with Gasteiger partial charge in [0, 0.05) is 24.3 Å². The molecule has 2 amide bonds. The third-order valence-corrected chi connectivity index (χ3v) is 5.04. The summed E-state index contributed by atoms with van der Waals surface area (Å²) in [5.41, 5.74) is 2.66. The van der Waals surface area contributed by atoms with Gasteiger partial charge in [-0.15, -0.1) is 0 Å². The highest BCUT2D eigenvalue weighted by Crippen LogP contribution is 2.30. The Morgan fingerprint density at radius 1 is 1.21 bits per heavy atom. The molecule has 28 heavy (non-hydrogen) atoms. The number of anilines is 1. The number of hydrogen-bond donors (Lipinski definition) is 3. The largest absolute Gasteiger partial charge is 0.379 e. The van der Waals surface area contributed by atoms with E-state index in [1.807, 2.05) is 22.7 Å². The molecule has 2 fully saturated rings. The lowest BCUT2D eigenvalue weighted by Crippen LogP contribution is -2.35. The zero-order valence-electron chi connectivity index (χ0n) is 15.1. The van der Waals surface area contributed by atoms with E-state index in [2.05, 4.69) is 25.8 Å². The highest BCUT2D eigenvalue weighted by molar-refractivity contribution is 5.94. The number of nitrogens with zero attached hydrogens (tertiary/aromatic N) is 3. The fourth-order valence-corrected chi connectivity index (χ4v) is 3.28. The number of H-pyrrole nitrogens is 1. The first-order chi connectivity index (χ1) is 13.7. The molecule has 0 spiro atoms. The number of ether oxygens (including phenoxy) is 1. The average molecular weight is 380 g/mol. The summed E-state index contributed by atoms with van der Waals surface area (Å²) in [7, 11) is 0. The SMILES string of the molecule is O=C(N[C@H]1CCOC1)c1cc(-c2ccc3nc(NC(=O)C4CC4)cn3c2)[nH]n1. The van der Waals surface area contributed by atoms with Gasteiger partial charge < -0.3 is 19.8 Å². The van der Waals surface area contributed by atoms with Gasteiger partial charge in [0.1, 0.15) is 5.65 Å². The van der Waals surface area contributed by atoms with Gasteiger partial charge in [-0.3, -0.25) is 14.7 Å². The number of pyridine rings is 1. The van der Waals surface area contributed by atoms with Crippen molar-refractivity contribution in [1.29, 1.82) is 0 Å². The van der Waals surface area contributed by atoms with Gasteiger partial charge >= 0.3 is 0 Å². The van der Waals surface area contributed by atoms with E-state index in [1.54, 1.807) is 12.3 Å². The normalized spacial score (nSPS) is 19.1. The molecule has 1 aliphatic carbocycles. The molecule has 0 aromatic carbocycles. The second kappa shape index (κ2) is 6.75. The zero-order chi connectivity index (χ0) is 19.1. The number of carbonyl (C=O) groups is 2. The Labute approximate surface area is 160 Å². The van der Waals surface area contributed by atoms with Crippen molar-refractivity contribution in [2.75, 3.05) is 18.5 Å². The van der Waals surface area contributed by atoms with Crippen molar-refractivity contribution >= 4 is 23.3 Å². The Morgan fingerprint density at radius 3 is 2.89 bits per heavy atom. The monoisotopic (exact) mass is 380 g/mol. The molecule has 1 aliphatic heterocycles. The number of hydrogen-bond acceptors (Lipinski definition) is 5. The van der Waals surface area contributed by atoms with Gasteiger partial charge in [0.15, 0.2) is 11.5 Å². The summed E-state index contributed by atoms with van der Waals surface area (Å²) >= 11 is 0. The van der Waals surface area contributed by atoms with Crippen molar-refractivity contribution in [1.82, 2.24) is 24.9 Å². The summed E-state index contributed by atoms with van der Waals surface area (Å²) in [6.45, 7) is 1.21. The summed E-state index contributed by atoms with van der Waals surface area (Å²) in [5.74, 6) is 0.482. The summed E-state index contributed by atoms with van der Waals surface area (Å²) < 4.78 is 7.12. The van der Waals surface area contributed by atoms with E-state index >= 15 is 0 Å². The van der Waals surface area contributed by atoms with Crippen LogP contribution < -0.4 is 10.6 Å². The van der Waals surface area contributed by atoms with E-state index in [0.29, 0.717) is 24.7 Å². The van der Waals surface area contributed by atoms with Gasteiger partial charge in [0.05, 0.1) is 24.5 Å². The van der Waals surface area contributed by atoms with Crippen LogP contribution in [0.15, 0.2) is 30.6 Å². The first-order valence-corrected chi connectivity index (χ1v) is 9.40. The predicted molar refractivity (Wildman–Crippen MR) is 101 cm³/mol. The van der Waals surface area contributed by atoms with Gasteiger partial charge in [0.2, 0.25) is 5.91 Å². The number of carbonyl (C=O) groups excluding carboxylic acids is 2. The summed E-state index contributed by atoms with van der Waals surface area (Å²) in [4.78, 5) is 28.6. The molecule has 1 saturated carbocycles. The Hall–Kier alpha value is -3.20. The lowest BCUT2D eigenvalue weighted by atomic mass is 10.2. The van der Waals surface area contributed by atoms with Crippen LogP contribution in [0.5, 0.6) is 0 Å². The minimum Gasteiger partial charge on any atom is -0.379 e. The molecule has 1 atom stereocenters. The van der Waals surface area contributed by atoms with Crippen LogP contribution in [0, 0.1) is 5.92 Å². The van der Waals surface area contributed by atoms with E-state index in [-0.39, 0.29) is 23.8 Å². The Balaban J connectivity index is 1.33. The number of aromatic nitrogens is 4. The van der Waals surface area contributed by atoms with Crippen molar-refractivity contribution in [3.63, 3.8) is 0 Å². The van der Waals surface area contributed by atoms with Crippen LogP contribution in [0.3, 0.4) is 0 Å². The maximum Gasteiger partial charge on any atom is 0.272 e. The summed E-state index contributed by atoms with van der Waals surface area (Å²) in [6, 6.07) is 5.52. The number of fused-ring (bicyclic) bond motifs is 1. The molecule has 9 nitrogen and oxygen atoms in total. The molecule has 144 valence electrons. The third kappa shape index (κ3) is 3.36. The van der Waals surface area contributed by atoms with Gasteiger partial charge in [-0.05, 0) is 37.5 Å². The lowest BCUT2D eigenvalue weighted by Gasteiger charge is -2.08. The molecule has 5 rings (SSSR count). The van der Waals surface area contributed by atoms with Gasteiger partial charge in [-0.25, -0.2) is 4.98 Å². The van der Waals surface area contributed by atoms with Crippen LogP contribution in [0.1, 0.15) is 29.8 Å². The summed E-state index contributed by atoms with van der Waals surface area (Å²) in [5, 5.41) is 12.8. The first kappa shape index (κ1) is 16.9. The highest BCUT2D eigenvalue weighted by atomic mass is 16.5. The van der Waals surface area contributed by atoms with Crippen LogP contribution >= 0.6 is 0 Å². The van der Waals surface area contributed by atoms with Crippen molar-refractivity contribution in [3.8, 4) is 11.3 Å². The van der Waals surface area contributed by atoms with Crippen LogP contribution in [0.2, 0.25) is 0 Å². The van der Waals surface area contributed by atoms with Gasteiger partial charge in [-0.2, -0.15) is 5.10 Å². The number of imidazole rings is 1. The Morgan fingerprint density at radius 2 is 2.11 bits per heavy atom. The average Bonchev–Trinajstić information content (AvgIpc) is 3.08. The van der Waals surface area contributed by atoms with E-state index in [1.165, 1.54) is 0 Å². The topological polar surface area (TPSA) is 113 Å². The lowest BCUT2D eigenvalue weighted by molar-refractivity contribution is -0.117.